The molecule has 1 fully saturated rings. The van der Waals surface area contributed by atoms with E-state index in [1.54, 1.807) is 42.5 Å². The minimum atomic E-state index is -0.328. The number of rotatable bonds is 9. The molecule has 3 rings (SSSR count). The number of benzene rings is 2. The van der Waals surface area contributed by atoms with Crippen molar-refractivity contribution >= 4 is 29.0 Å². The Balaban J connectivity index is 1.78. The summed E-state index contributed by atoms with van der Waals surface area (Å²) in [5, 5.41) is -0.241. The Morgan fingerprint density at radius 3 is 2.60 bits per heavy atom. The van der Waals surface area contributed by atoms with E-state index in [-0.39, 0.29) is 23.6 Å². The van der Waals surface area contributed by atoms with Crippen LogP contribution < -0.4 is 9.47 Å². The summed E-state index contributed by atoms with van der Waals surface area (Å²) in [7, 11) is 0. The van der Waals surface area contributed by atoms with Gasteiger partial charge in [0.15, 0.2) is 11.5 Å². The zero-order valence-electron chi connectivity index (χ0n) is 17.0. The molecule has 2 aromatic rings. The highest BCUT2D eigenvalue weighted by atomic mass is 32.2. The Kier molecular flexibility index (Phi) is 7.52. The maximum Gasteiger partial charge on any atom is 0.293 e. The minimum Gasteiger partial charge on any atom is -0.490 e. The van der Waals surface area contributed by atoms with Crippen molar-refractivity contribution in [1.29, 1.82) is 0 Å². The van der Waals surface area contributed by atoms with Crippen molar-refractivity contribution in [3.8, 4) is 11.5 Å². The van der Waals surface area contributed by atoms with E-state index >= 15 is 0 Å². The molecule has 5 nitrogen and oxygen atoms in total. The molecule has 30 heavy (non-hydrogen) atoms. The maximum atomic E-state index is 13.8. The van der Waals surface area contributed by atoms with E-state index in [0.717, 1.165) is 30.2 Å². The Labute approximate surface area is 179 Å². The van der Waals surface area contributed by atoms with Gasteiger partial charge < -0.3 is 9.47 Å². The normalized spacial score (nSPS) is 15.2. The van der Waals surface area contributed by atoms with Crippen LogP contribution in [0, 0.1) is 5.82 Å². The summed E-state index contributed by atoms with van der Waals surface area (Å²) in [6.07, 6.45) is 3.38. The Morgan fingerprint density at radius 2 is 1.87 bits per heavy atom. The highest BCUT2D eigenvalue weighted by Gasteiger charge is 2.34. The summed E-state index contributed by atoms with van der Waals surface area (Å²) >= 11 is 0.944. The number of imide groups is 1. The van der Waals surface area contributed by atoms with Gasteiger partial charge in [-0.1, -0.05) is 37.6 Å². The first-order valence-electron chi connectivity index (χ1n) is 9.92. The molecule has 0 radical (unpaired) electrons. The molecule has 0 saturated carbocycles. The molecule has 2 aromatic carbocycles. The van der Waals surface area contributed by atoms with Crippen molar-refractivity contribution in [3.63, 3.8) is 0 Å². The van der Waals surface area contributed by atoms with Crippen molar-refractivity contribution in [2.45, 2.75) is 33.3 Å². The van der Waals surface area contributed by atoms with Crippen LogP contribution in [0.15, 0.2) is 47.4 Å². The van der Waals surface area contributed by atoms with Gasteiger partial charge in [0.25, 0.3) is 11.1 Å². The van der Waals surface area contributed by atoms with Crippen molar-refractivity contribution in [3.05, 3.63) is 64.3 Å². The second-order valence-electron chi connectivity index (χ2n) is 6.71. The SMILES string of the molecule is CCCCN1C(=O)S/C(=C\c2ccc(OCc3ccccc3F)c(OCC)c2)C1=O. The highest BCUT2D eigenvalue weighted by Crippen LogP contribution is 2.35. The van der Waals surface area contributed by atoms with Gasteiger partial charge in [0, 0.05) is 12.1 Å². The number of halogens is 1. The Morgan fingerprint density at radius 1 is 1.07 bits per heavy atom. The predicted molar refractivity (Wildman–Crippen MR) is 116 cm³/mol. The van der Waals surface area contributed by atoms with Crippen LogP contribution >= 0.6 is 11.8 Å². The van der Waals surface area contributed by atoms with Crippen LogP contribution in [0.1, 0.15) is 37.8 Å². The molecule has 1 saturated heterocycles. The van der Waals surface area contributed by atoms with Crippen molar-refractivity contribution in [2.24, 2.45) is 0 Å². The molecular formula is C23H24FNO4S. The highest BCUT2D eigenvalue weighted by molar-refractivity contribution is 8.18. The van der Waals surface area contributed by atoms with Gasteiger partial charge in [0.2, 0.25) is 0 Å². The smallest absolute Gasteiger partial charge is 0.293 e. The molecule has 0 spiro atoms. The van der Waals surface area contributed by atoms with Crippen LogP contribution in [0.5, 0.6) is 11.5 Å². The van der Waals surface area contributed by atoms with Gasteiger partial charge in [-0.3, -0.25) is 14.5 Å². The third-order valence-electron chi connectivity index (χ3n) is 4.52. The quantitative estimate of drug-likeness (QED) is 0.483. The molecule has 0 bridgehead atoms. The fraction of sp³-hybridized carbons (Fsp3) is 0.304. The summed E-state index contributed by atoms with van der Waals surface area (Å²) in [5.41, 5.74) is 1.17. The van der Waals surface area contributed by atoms with Crippen LogP contribution in [0.2, 0.25) is 0 Å². The Bertz CT molecular complexity index is 960. The molecule has 2 amide bonds. The predicted octanol–water partition coefficient (Wildman–Crippen LogP) is 5.64. The second kappa shape index (κ2) is 10.3. The third kappa shape index (κ3) is 5.21. The fourth-order valence-corrected chi connectivity index (χ4v) is 3.80. The largest absolute Gasteiger partial charge is 0.490 e. The number of ether oxygens (including phenoxy) is 2. The summed E-state index contributed by atoms with van der Waals surface area (Å²) in [6.45, 7) is 4.80. The number of amides is 2. The lowest BCUT2D eigenvalue weighted by Gasteiger charge is -2.13. The van der Waals surface area contributed by atoms with E-state index < -0.39 is 0 Å². The van der Waals surface area contributed by atoms with Gasteiger partial charge in [-0.05, 0) is 54.9 Å². The van der Waals surface area contributed by atoms with E-state index in [1.165, 1.54) is 11.0 Å². The number of carbonyl (C=O) groups excluding carboxylic acids is 2. The van der Waals surface area contributed by atoms with Gasteiger partial charge in [-0.2, -0.15) is 0 Å². The lowest BCUT2D eigenvalue weighted by molar-refractivity contribution is -0.122. The van der Waals surface area contributed by atoms with Crippen molar-refractivity contribution in [2.75, 3.05) is 13.2 Å². The fourth-order valence-electron chi connectivity index (χ4n) is 2.93. The molecule has 0 unspecified atom stereocenters. The lowest BCUT2D eigenvalue weighted by Crippen LogP contribution is -2.29. The number of thioether (sulfide) groups is 1. The van der Waals surface area contributed by atoms with Crippen LogP contribution in [0.4, 0.5) is 9.18 Å². The average Bonchev–Trinajstić information content (AvgIpc) is 2.99. The zero-order valence-corrected chi connectivity index (χ0v) is 17.8. The van der Waals surface area contributed by atoms with Gasteiger partial charge in [-0.15, -0.1) is 0 Å². The van der Waals surface area contributed by atoms with Gasteiger partial charge >= 0.3 is 0 Å². The third-order valence-corrected chi connectivity index (χ3v) is 5.42. The lowest BCUT2D eigenvalue weighted by atomic mass is 10.1. The standard InChI is InChI=1S/C23H24FNO4S/c1-3-5-12-25-22(26)21(30-23(25)27)14-16-10-11-19(20(13-16)28-4-2)29-15-17-8-6-7-9-18(17)24/h6-11,13-14H,3-5,12,15H2,1-2H3/b21-14-. The van der Waals surface area contributed by atoms with E-state index in [4.69, 9.17) is 9.47 Å². The zero-order chi connectivity index (χ0) is 21.5. The topological polar surface area (TPSA) is 55.8 Å². The van der Waals surface area contributed by atoms with Crippen LogP contribution in [-0.4, -0.2) is 29.2 Å². The number of hydrogen-bond acceptors (Lipinski definition) is 5. The van der Waals surface area contributed by atoms with Crippen LogP contribution in [0.25, 0.3) is 6.08 Å². The number of nitrogens with zero attached hydrogens (tertiary/aromatic N) is 1. The molecule has 0 aromatic heterocycles. The summed E-state index contributed by atoms with van der Waals surface area (Å²) < 4.78 is 25.3. The number of hydrogen-bond donors (Lipinski definition) is 0. The first-order chi connectivity index (χ1) is 14.5. The summed E-state index contributed by atoms with van der Waals surface area (Å²) in [6, 6.07) is 11.7. The molecule has 0 atom stereocenters. The van der Waals surface area contributed by atoms with E-state index in [1.807, 2.05) is 13.8 Å². The van der Waals surface area contributed by atoms with Gasteiger partial charge in [0.05, 0.1) is 11.5 Å². The summed E-state index contributed by atoms with van der Waals surface area (Å²) in [5.74, 6) is 0.378. The van der Waals surface area contributed by atoms with Crippen molar-refractivity contribution < 1.29 is 23.5 Å². The molecule has 1 heterocycles. The number of carbonyl (C=O) groups is 2. The molecular weight excluding hydrogens is 405 g/mol. The van der Waals surface area contributed by atoms with E-state index in [0.29, 0.717) is 35.1 Å². The van der Waals surface area contributed by atoms with E-state index in [2.05, 4.69) is 0 Å². The van der Waals surface area contributed by atoms with E-state index in [9.17, 15) is 14.0 Å². The van der Waals surface area contributed by atoms with Crippen LogP contribution in [0.3, 0.4) is 0 Å². The molecule has 1 aliphatic rings. The average molecular weight is 430 g/mol. The monoisotopic (exact) mass is 429 g/mol. The molecule has 0 aliphatic carbocycles. The summed E-state index contributed by atoms with van der Waals surface area (Å²) in [4.78, 5) is 26.3. The molecule has 7 heteroatoms. The van der Waals surface area contributed by atoms with Gasteiger partial charge in [-0.25, -0.2) is 4.39 Å². The van der Waals surface area contributed by atoms with Crippen molar-refractivity contribution in [1.82, 2.24) is 4.90 Å². The molecule has 158 valence electrons. The number of unbranched alkanes of at least 4 members (excludes halogenated alkanes) is 1. The first kappa shape index (κ1) is 21.9. The second-order valence-corrected chi connectivity index (χ2v) is 7.70. The van der Waals surface area contributed by atoms with Crippen LogP contribution in [-0.2, 0) is 11.4 Å². The maximum absolute atomic E-state index is 13.8. The molecule has 1 aliphatic heterocycles. The Hall–Kier alpha value is -2.80. The first-order valence-corrected chi connectivity index (χ1v) is 10.7. The molecule has 0 N–H and O–H groups in total. The minimum absolute atomic E-state index is 0.0718. The van der Waals surface area contributed by atoms with Gasteiger partial charge in [0.1, 0.15) is 12.4 Å².